The Morgan fingerprint density at radius 3 is 2.85 bits per heavy atom. The number of aliphatic hydroxyl groups excluding tert-OH is 1. The predicted octanol–water partition coefficient (Wildman–Crippen LogP) is 0.352. The van der Waals surface area contributed by atoms with Crippen LogP contribution in [0.4, 0.5) is 0 Å². The molecule has 1 N–H and O–H groups in total. The van der Waals surface area contributed by atoms with Gasteiger partial charge in [0.05, 0.1) is 12.3 Å². The van der Waals surface area contributed by atoms with Crippen molar-refractivity contribution in [3.63, 3.8) is 0 Å². The van der Waals surface area contributed by atoms with Crippen LogP contribution in [0, 0.1) is 6.92 Å². The molecule has 6 nitrogen and oxygen atoms in total. The molecule has 0 radical (unpaired) electrons. The van der Waals surface area contributed by atoms with E-state index in [9.17, 15) is 4.79 Å². The van der Waals surface area contributed by atoms with Gasteiger partial charge in [0.25, 0.3) is 5.91 Å². The van der Waals surface area contributed by atoms with E-state index in [1.165, 1.54) is 0 Å². The summed E-state index contributed by atoms with van der Waals surface area (Å²) in [5, 5.41) is 13.3. The number of carbonyl (C=O) groups is 1. The standard InChI is InChI=1S/C14H24N4O2/c1-3-18-13(11-12(2)15-18)14(20)17-6-4-5-16(7-8-17)9-10-19/h11,19H,3-10H2,1-2H3. The molecular formula is C14H24N4O2. The Morgan fingerprint density at radius 2 is 2.15 bits per heavy atom. The first-order valence-electron chi connectivity index (χ1n) is 7.32. The molecule has 1 aliphatic rings. The third-order valence-electron chi connectivity index (χ3n) is 3.71. The lowest BCUT2D eigenvalue weighted by atomic mass is 10.3. The number of hydrogen-bond acceptors (Lipinski definition) is 4. The van der Waals surface area contributed by atoms with Crippen LogP contribution in [0.5, 0.6) is 0 Å². The SMILES string of the molecule is CCn1nc(C)cc1C(=O)N1CCCN(CCO)CC1. The van der Waals surface area contributed by atoms with Crippen LogP contribution < -0.4 is 0 Å². The van der Waals surface area contributed by atoms with Gasteiger partial charge in [0.15, 0.2) is 0 Å². The summed E-state index contributed by atoms with van der Waals surface area (Å²) in [6.07, 6.45) is 0.949. The summed E-state index contributed by atoms with van der Waals surface area (Å²) in [6, 6.07) is 1.86. The fraction of sp³-hybridized carbons (Fsp3) is 0.714. The molecule has 0 unspecified atom stereocenters. The van der Waals surface area contributed by atoms with E-state index >= 15 is 0 Å². The van der Waals surface area contributed by atoms with Crippen LogP contribution in [0.25, 0.3) is 0 Å². The highest BCUT2D eigenvalue weighted by molar-refractivity contribution is 5.92. The van der Waals surface area contributed by atoms with E-state index in [2.05, 4.69) is 10.00 Å². The summed E-state index contributed by atoms with van der Waals surface area (Å²) >= 11 is 0. The second-order valence-electron chi connectivity index (χ2n) is 5.20. The van der Waals surface area contributed by atoms with Crippen molar-refractivity contribution >= 4 is 5.91 Å². The minimum Gasteiger partial charge on any atom is -0.395 e. The summed E-state index contributed by atoms with van der Waals surface area (Å²) in [7, 11) is 0. The van der Waals surface area contributed by atoms with Crippen molar-refractivity contribution in [2.75, 3.05) is 39.3 Å². The van der Waals surface area contributed by atoms with Crippen molar-refractivity contribution in [2.24, 2.45) is 0 Å². The number of rotatable bonds is 4. The summed E-state index contributed by atoms with van der Waals surface area (Å²) in [6.45, 7) is 8.73. The van der Waals surface area contributed by atoms with Gasteiger partial charge in [-0.15, -0.1) is 0 Å². The first kappa shape index (κ1) is 15.0. The maximum absolute atomic E-state index is 12.6. The molecule has 0 aromatic carbocycles. The molecule has 1 aromatic heterocycles. The quantitative estimate of drug-likeness (QED) is 0.864. The van der Waals surface area contributed by atoms with Crippen molar-refractivity contribution in [3.8, 4) is 0 Å². The first-order chi connectivity index (χ1) is 9.65. The Labute approximate surface area is 120 Å². The predicted molar refractivity (Wildman–Crippen MR) is 76.7 cm³/mol. The number of nitrogens with zero attached hydrogens (tertiary/aromatic N) is 4. The van der Waals surface area contributed by atoms with Crippen LogP contribution in [0.1, 0.15) is 29.5 Å². The molecule has 1 aliphatic heterocycles. The molecule has 0 saturated carbocycles. The Morgan fingerprint density at radius 1 is 1.35 bits per heavy atom. The lowest BCUT2D eigenvalue weighted by molar-refractivity contribution is 0.0748. The minimum atomic E-state index is 0.0679. The van der Waals surface area contributed by atoms with Crippen molar-refractivity contribution in [1.29, 1.82) is 0 Å². The third-order valence-corrected chi connectivity index (χ3v) is 3.71. The molecule has 0 atom stereocenters. The molecule has 0 spiro atoms. The number of β-amino-alcohol motifs (C(OH)–C–C–N with tert-alkyl or cyclic N) is 1. The van der Waals surface area contributed by atoms with Gasteiger partial charge in [0.2, 0.25) is 0 Å². The molecule has 2 heterocycles. The van der Waals surface area contributed by atoms with E-state index in [1.807, 2.05) is 24.8 Å². The normalized spacial score (nSPS) is 17.2. The van der Waals surface area contributed by atoms with E-state index in [0.717, 1.165) is 31.7 Å². The van der Waals surface area contributed by atoms with Gasteiger partial charge in [-0.3, -0.25) is 14.4 Å². The van der Waals surface area contributed by atoms with Crippen LogP contribution in [0.2, 0.25) is 0 Å². The highest BCUT2D eigenvalue weighted by atomic mass is 16.3. The number of amides is 1. The number of aromatic nitrogens is 2. The Kier molecular flexibility index (Phi) is 5.14. The second kappa shape index (κ2) is 6.85. The lowest BCUT2D eigenvalue weighted by Gasteiger charge is -2.21. The third kappa shape index (κ3) is 3.37. The smallest absolute Gasteiger partial charge is 0.272 e. The van der Waals surface area contributed by atoms with Crippen molar-refractivity contribution < 1.29 is 9.90 Å². The fourth-order valence-electron chi connectivity index (χ4n) is 2.66. The highest BCUT2D eigenvalue weighted by Gasteiger charge is 2.22. The van der Waals surface area contributed by atoms with Gasteiger partial charge in [-0.05, 0) is 32.9 Å². The molecule has 1 amide bonds. The maximum Gasteiger partial charge on any atom is 0.272 e. The Bertz CT molecular complexity index is 458. The van der Waals surface area contributed by atoms with E-state index in [0.29, 0.717) is 25.3 Å². The summed E-state index contributed by atoms with van der Waals surface area (Å²) in [4.78, 5) is 16.7. The van der Waals surface area contributed by atoms with Gasteiger partial charge < -0.3 is 10.0 Å². The van der Waals surface area contributed by atoms with E-state index in [1.54, 1.807) is 4.68 Å². The monoisotopic (exact) mass is 280 g/mol. The lowest BCUT2D eigenvalue weighted by Crippen LogP contribution is -2.36. The van der Waals surface area contributed by atoms with Gasteiger partial charge in [0.1, 0.15) is 5.69 Å². The van der Waals surface area contributed by atoms with Crippen molar-refractivity contribution in [1.82, 2.24) is 19.6 Å². The Hall–Kier alpha value is -1.40. The van der Waals surface area contributed by atoms with Crippen molar-refractivity contribution in [3.05, 3.63) is 17.5 Å². The van der Waals surface area contributed by atoms with Gasteiger partial charge >= 0.3 is 0 Å². The van der Waals surface area contributed by atoms with E-state index < -0.39 is 0 Å². The number of aryl methyl sites for hydroxylation is 2. The van der Waals surface area contributed by atoms with Gasteiger partial charge in [-0.1, -0.05) is 0 Å². The average molecular weight is 280 g/mol. The molecule has 6 heteroatoms. The zero-order chi connectivity index (χ0) is 14.5. The minimum absolute atomic E-state index is 0.0679. The van der Waals surface area contributed by atoms with Crippen LogP contribution in [0.3, 0.4) is 0 Å². The summed E-state index contributed by atoms with van der Waals surface area (Å²) in [5.41, 5.74) is 1.56. The second-order valence-corrected chi connectivity index (χ2v) is 5.20. The summed E-state index contributed by atoms with van der Waals surface area (Å²) in [5.74, 6) is 0.0679. The Balaban J connectivity index is 2.05. The number of carbonyl (C=O) groups excluding carboxylic acids is 1. The maximum atomic E-state index is 12.6. The van der Waals surface area contributed by atoms with Crippen LogP contribution in [-0.2, 0) is 6.54 Å². The number of hydrogen-bond donors (Lipinski definition) is 1. The zero-order valence-corrected chi connectivity index (χ0v) is 12.4. The fourth-order valence-corrected chi connectivity index (χ4v) is 2.66. The molecule has 2 rings (SSSR count). The van der Waals surface area contributed by atoms with Gasteiger partial charge in [-0.2, -0.15) is 5.10 Å². The average Bonchev–Trinajstić information content (AvgIpc) is 2.66. The zero-order valence-electron chi connectivity index (χ0n) is 12.4. The molecule has 1 aromatic rings. The molecule has 112 valence electrons. The molecule has 20 heavy (non-hydrogen) atoms. The van der Waals surface area contributed by atoms with Crippen LogP contribution in [0.15, 0.2) is 6.07 Å². The van der Waals surface area contributed by atoms with E-state index in [4.69, 9.17) is 5.11 Å². The first-order valence-corrected chi connectivity index (χ1v) is 7.32. The largest absolute Gasteiger partial charge is 0.395 e. The summed E-state index contributed by atoms with van der Waals surface area (Å²) < 4.78 is 1.77. The molecule has 0 bridgehead atoms. The molecule has 1 saturated heterocycles. The van der Waals surface area contributed by atoms with Crippen LogP contribution >= 0.6 is 0 Å². The van der Waals surface area contributed by atoms with Crippen molar-refractivity contribution in [2.45, 2.75) is 26.8 Å². The van der Waals surface area contributed by atoms with E-state index in [-0.39, 0.29) is 12.5 Å². The molecule has 0 aliphatic carbocycles. The van der Waals surface area contributed by atoms with Gasteiger partial charge in [-0.25, -0.2) is 0 Å². The number of aliphatic hydroxyl groups is 1. The highest BCUT2D eigenvalue weighted by Crippen LogP contribution is 2.11. The molecule has 1 fully saturated rings. The van der Waals surface area contributed by atoms with Gasteiger partial charge in [0, 0.05) is 32.7 Å². The molecular weight excluding hydrogens is 256 g/mol. The topological polar surface area (TPSA) is 61.6 Å². The van der Waals surface area contributed by atoms with Crippen LogP contribution in [-0.4, -0.2) is 69.9 Å².